The van der Waals surface area contributed by atoms with Crippen molar-refractivity contribution in [3.8, 4) is 0 Å². The molecule has 0 aromatic carbocycles. The molecule has 1 aliphatic rings. The molecular weight excluding hydrogens is 271 g/mol. The van der Waals surface area contributed by atoms with Crippen LogP contribution in [-0.4, -0.2) is 78.1 Å². The molecule has 0 aliphatic carbocycles. The van der Waals surface area contributed by atoms with E-state index in [4.69, 9.17) is 9.84 Å². The Bertz CT molecular complexity index is 150. The molecule has 69 valence electrons. The molecule has 0 saturated carbocycles. The summed E-state index contributed by atoms with van der Waals surface area (Å²) in [6.07, 6.45) is -4.27. The molecule has 1 saturated heterocycles. The number of aliphatic hydroxyl groups is 4. The molecular formula is C6H11O5Sn. The predicted molar refractivity (Wildman–Crippen MR) is 39.5 cm³/mol. The molecule has 1 rings (SSSR count). The van der Waals surface area contributed by atoms with Gasteiger partial charge in [0.25, 0.3) is 0 Å². The van der Waals surface area contributed by atoms with E-state index in [0.29, 0.717) is 0 Å². The van der Waals surface area contributed by atoms with Crippen LogP contribution in [0.1, 0.15) is 0 Å². The van der Waals surface area contributed by atoms with Gasteiger partial charge in [-0.25, -0.2) is 0 Å². The molecule has 0 spiro atoms. The molecule has 0 amide bonds. The van der Waals surface area contributed by atoms with E-state index in [0.717, 1.165) is 22.5 Å². The topological polar surface area (TPSA) is 90.2 Å². The van der Waals surface area contributed by atoms with Gasteiger partial charge in [0.2, 0.25) is 0 Å². The van der Waals surface area contributed by atoms with Gasteiger partial charge in [0.1, 0.15) is 0 Å². The van der Waals surface area contributed by atoms with E-state index < -0.39 is 28.5 Å². The maximum atomic E-state index is 9.24. The predicted octanol–water partition coefficient (Wildman–Crippen LogP) is -3.05. The number of rotatable bonds is 1. The Kier molecular flexibility index (Phi) is 3.74. The van der Waals surface area contributed by atoms with Crippen LogP contribution in [-0.2, 0) is 4.74 Å². The van der Waals surface area contributed by atoms with Gasteiger partial charge in [-0.05, 0) is 0 Å². The van der Waals surface area contributed by atoms with E-state index in [-0.39, 0.29) is 6.61 Å². The number of hydrogen-bond donors (Lipinski definition) is 4. The summed E-state index contributed by atoms with van der Waals surface area (Å²) in [5.41, 5.74) is 0. The van der Waals surface area contributed by atoms with Crippen molar-refractivity contribution in [3.63, 3.8) is 0 Å². The van der Waals surface area contributed by atoms with Crippen molar-refractivity contribution >= 4 is 22.5 Å². The average molecular weight is 282 g/mol. The molecule has 0 aromatic heterocycles. The summed E-state index contributed by atoms with van der Waals surface area (Å²) in [5, 5.41) is 36.4. The van der Waals surface area contributed by atoms with Crippen LogP contribution in [0.4, 0.5) is 0 Å². The zero-order chi connectivity index (χ0) is 9.30. The number of hydrogen-bond acceptors (Lipinski definition) is 5. The van der Waals surface area contributed by atoms with E-state index in [2.05, 4.69) is 0 Å². The third-order valence-electron chi connectivity index (χ3n) is 1.89. The van der Waals surface area contributed by atoms with Gasteiger partial charge in [0.15, 0.2) is 0 Å². The Hall–Kier alpha value is 0.599. The van der Waals surface area contributed by atoms with E-state index in [1.165, 1.54) is 0 Å². The quantitative estimate of drug-likeness (QED) is 0.384. The van der Waals surface area contributed by atoms with Gasteiger partial charge in [0.05, 0.1) is 0 Å². The van der Waals surface area contributed by atoms with Crippen LogP contribution in [0.15, 0.2) is 0 Å². The Morgan fingerprint density at radius 3 is 2.17 bits per heavy atom. The van der Waals surface area contributed by atoms with E-state index >= 15 is 0 Å². The Balaban J connectivity index is 2.63. The van der Waals surface area contributed by atoms with Gasteiger partial charge in [-0.3, -0.25) is 0 Å². The van der Waals surface area contributed by atoms with Gasteiger partial charge >= 0.3 is 82.8 Å². The third kappa shape index (κ3) is 1.91. The molecule has 0 bridgehead atoms. The first-order valence-electron chi connectivity index (χ1n) is 3.59. The maximum absolute atomic E-state index is 9.24. The second kappa shape index (κ2) is 4.21. The molecule has 1 aliphatic heterocycles. The van der Waals surface area contributed by atoms with Crippen molar-refractivity contribution in [1.29, 1.82) is 0 Å². The van der Waals surface area contributed by atoms with Crippen LogP contribution < -0.4 is 0 Å². The summed E-state index contributed by atoms with van der Waals surface area (Å²) in [7, 11) is 0. The van der Waals surface area contributed by atoms with Gasteiger partial charge in [-0.15, -0.1) is 0 Å². The summed E-state index contributed by atoms with van der Waals surface area (Å²) in [6, 6.07) is 0. The Morgan fingerprint density at radius 1 is 1.08 bits per heavy atom. The van der Waals surface area contributed by atoms with Crippen LogP contribution in [0.2, 0.25) is 0 Å². The first-order valence-corrected chi connectivity index (χ1v) is 5.24. The summed E-state index contributed by atoms with van der Waals surface area (Å²) in [4.78, 5) is 0. The first-order chi connectivity index (χ1) is 5.57. The summed E-state index contributed by atoms with van der Waals surface area (Å²) < 4.78 is 4.58. The number of ether oxygens (including phenoxy) is 1. The second-order valence-corrected chi connectivity index (χ2v) is 4.37. The second-order valence-electron chi connectivity index (χ2n) is 2.75. The van der Waals surface area contributed by atoms with Gasteiger partial charge in [0, 0.05) is 0 Å². The molecule has 0 aromatic rings. The monoisotopic (exact) mass is 283 g/mol. The average Bonchev–Trinajstić information content (AvgIpc) is 2.08. The normalized spacial score (nSPS) is 49.2. The van der Waals surface area contributed by atoms with E-state index in [1.54, 1.807) is 0 Å². The SMILES string of the molecule is OC[C@H]1O[CH]([Sn])[C@H](O)[C@@H](O)[C@H]1O. The molecule has 1 fully saturated rings. The molecule has 5 nitrogen and oxygen atoms in total. The molecule has 12 heavy (non-hydrogen) atoms. The molecule has 4 N–H and O–H groups in total. The third-order valence-corrected chi connectivity index (χ3v) is 3.26. The van der Waals surface area contributed by atoms with Crippen LogP contribution in [0, 0.1) is 0 Å². The van der Waals surface area contributed by atoms with Crippen LogP contribution in [0.25, 0.3) is 0 Å². The van der Waals surface area contributed by atoms with Crippen molar-refractivity contribution < 1.29 is 25.2 Å². The summed E-state index contributed by atoms with van der Waals surface area (Å²) >= 11 is 0.911. The Labute approximate surface area is 83.1 Å². The van der Waals surface area contributed by atoms with Crippen molar-refractivity contribution in [3.05, 3.63) is 0 Å². The van der Waals surface area contributed by atoms with Crippen molar-refractivity contribution in [2.75, 3.05) is 6.61 Å². The van der Waals surface area contributed by atoms with Crippen LogP contribution in [0.3, 0.4) is 0 Å². The van der Waals surface area contributed by atoms with Crippen molar-refractivity contribution in [2.24, 2.45) is 0 Å². The molecule has 3 radical (unpaired) electrons. The standard InChI is InChI=1S/C6H11O5.Sn/c7-1-4-6(10)5(9)3(8)2-11-4;/h2-10H,1H2;/t3-,4+,5+,6-;/m0./s1. The molecule has 1 unspecified atom stereocenters. The number of aliphatic hydroxyl groups excluding tert-OH is 4. The van der Waals surface area contributed by atoms with Gasteiger partial charge in [-0.1, -0.05) is 0 Å². The minimum absolute atomic E-state index is 0.351. The Morgan fingerprint density at radius 2 is 1.67 bits per heavy atom. The molecule has 6 heteroatoms. The van der Waals surface area contributed by atoms with Gasteiger partial charge in [-0.2, -0.15) is 0 Å². The fraction of sp³-hybridized carbons (Fsp3) is 1.00. The fourth-order valence-corrected chi connectivity index (χ4v) is 2.16. The molecule has 1 heterocycles. The minimum atomic E-state index is -1.22. The fourth-order valence-electron chi connectivity index (χ4n) is 1.10. The van der Waals surface area contributed by atoms with Crippen LogP contribution in [0.5, 0.6) is 0 Å². The zero-order valence-corrected chi connectivity index (χ0v) is 9.15. The zero-order valence-electron chi connectivity index (χ0n) is 6.29. The summed E-state index contributed by atoms with van der Waals surface area (Å²) in [6.45, 7) is -0.351. The van der Waals surface area contributed by atoms with E-state index in [1.807, 2.05) is 0 Å². The summed E-state index contributed by atoms with van der Waals surface area (Å²) in [5.74, 6) is 0. The van der Waals surface area contributed by atoms with Crippen molar-refractivity contribution in [1.82, 2.24) is 0 Å². The van der Waals surface area contributed by atoms with Crippen molar-refractivity contribution in [2.45, 2.75) is 28.5 Å². The van der Waals surface area contributed by atoms with E-state index in [9.17, 15) is 15.3 Å². The first kappa shape index (κ1) is 10.7. The van der Waals surface area contributed by atoms with Gasteiger partial charge < -0.3 is 0 Å². The van der Waals surface area contributed by atoms with Crippen LogP contribution >= 0.6 is 0 Å². The molecule has 5 atom stereocenters.